The Morgan fingerprint density at radius 3 is 1.09 bits per heavy atom. The second kappa shape index (κ2) is 50.3. The van der Waals surface area contributed by atoms with E-state index in [1.165, 1.54) is 186 Å². The predicted molar refractivity (Wildman–Crippen MR) is 304 cm³/mol. The van der Waals surface area contributed by atoms with Gasteiger partial charge in [0.05, 0.1) is 6.61 Å². The Morgan fingerprint density at radius 1 is 0.413 bits per heavy atom. The molecule has 1 rings (SSSR count). The highest BCUT2D eigenvalue weighted by Crippen LogP contribution is 2.47. The number of carbonyl (C=O) groups is 2. The van der Waals surface area contributed by atoms with Crippen molar-refractivity contribution in [3.63, 3.8) is 0 Å². The number of unbranched alkanes of at least 4 members (excludes halogenated alkanes) is 35. The molecule has 0 heterocycles. The molecule has 1 aliphatic rings. The smallest absolute Gasteiger partial charge is 0.462 e. The van der Waals surface area contributed by atoms with Crippen LogP contribution in [0.3, 0.4) is 0 Å². The number of phosphoric ester groups is 1. The Labute approximate surface area is 457 Å². The quantitative estimate of drug-likeness (QED) is 0.0145. The van der Waals surface area contributed by atoms with Crippen molar-refractivity contribution in [2.45, 2.75) is 326 Å². The van der Waals surface area contributed by atoms with Crippen molar-refractivity contribution in [3.05, 3.63) is 36.5 Å². The summed E-state index contributed by atoms with van der Waals surface area (Å²) in [5.74, 6) is -1.09. The Morgan fingerprint density at radius 2 is 0.720 bits per heavy atom. The van der Waals surface area contributed by atoms with Crippen LogP contribution in [0.5, 0.6) is 0 Å². The summed E-state index contributed by atoms with van der Waals surface area (Å²) in [5, 5.41) is 50.5. The fourth-order valence-electron chi connectivity index (χ4n) is 9.55. The summed E-state index contributed by atoms with van der Waals surface area (Å²) < 4.78 is 33.8. The molecule has 0 bridgehead atoms. The highest BCUT2D eigenvalue weighted by molar-refractivity contribution is 7.47. The average molecular weight is 1090 g/mol. The van der Waals surface area contributed by atoms with Crippen molar-refractivity contribution >= 4 is 19.8 Å². The zero-order chi connectivity index (χ0) is 54.9. The lowest BCUT2D eigenvalue weighted by Gasteiger charge is -2.41. The number of aliphatic hydroxyl groups is 5. The van der Waals surface area contributed by atoms with E-state index in [4.69, 9.17) is 18.5 Å². The van der Waals surface area contributed by atoms with Crippen LogP contribution in [0, 0.1) is 0 Å². The van der Waals surface area contributed by atoms with Gasteiger partial charge >= 0.3 is 19.8 Å². The molecular formula is C61H113O13P. The fraction of sp³-hybridized carbons (Fsp3) is 0.869. The van der Waals surface area contributed by atoms with Crippen molar-refractivity contribution < 1.29 is 63.1 Å². The van der Waals surface area contributed by atoms with E-state index in [0.29, 0.717) is 12.8 Å². The molecule has 0 saturated heterocycles. The van der Waals surface area contributed by atoms with Crippen molar-refractivity contribution in [2.75, 3.05) is 13.2 Å². The molecule has 14 heteroatoms. The maximum absolute atomic E-state index is 12.9. The van der Waals surface area contributed by atoms with E-state index in [0.717, 1.165) is 57.8 Å². The van der Waals surface area contributed by atoms with Crippen LogP contribution in [0.2, 0.25) is 0 Å². The molecule has 0 aromatic rings. The van der Waals surface area contributed by atoms with Crippen LogP contribution in [0.25, 0.3) is 0 Å². The second-order valence-corrected chi connectivity index (χ2v) is 23.0. The van der Waals surface area contributed by atoms with Crippen LogP contribution in [-0.4, -0.2) is 98.3 Å². The largest absolute Gasteiger partial charge is 0.472 e. The lowest BCUT2D eigenvalue weighted by molar-refractivity contribution is -0.220. The van der Waals surface area contributed by atoms with Gasteiger partial charge in [0.1, 0.15) is 43.2 Å². The van der Waals surface area contributed by atoms with Gasteiger partial charge < -0.3 is 39.9 Å². The van der Waals surface area contributed by atoms with Gasteiger partial charge in [0.2, 0.25) is 0 Å². The molecule has 0 radical (unpaired) electrons. The van der Waals surface area contributed by atoms with Gasteiger partial charge in [-0.15, -0.1) is 0 Å². The Kier molecular flexibility index (Phi) is 47.7. The maximum atomic E-state index is 12.9. The minimum absolute atomic E-state index is 0.0959. The first-order valence-corrected chi connectivity index (χ1v) is 32.3. The first-order chi connectivity index (χ1) is 36.4. The van der Waals surface area contributed by atoms with Crippen LogP contribution in [0.1, 0.15) is 284 Å². The lowest BCUT2D eigenvalue weighted by Crippen LogP contribution is -2.64. The van der Waals surface area contributed by atoms with Crippen molar-refractivity contribution in [1.29, 1.82) is 0 Å². The Balaban J connectivity index is 2.30. The lowest BCUT2D eigenvalue weighted by atomic mass is 9.85. The van der Waals surface area contributed by atoms with Gasteiger partial charge in [0, 0.05) is 12.8 Å². The van der Waals surface area contributed by atoms with E-state index < -0.39 is 75.7 Å². The topological polar surface area (TPSA) is 210 Å². The molecule has 6 atom stereocenters. The highest BCUT2D eigenvalue weighted by atomic mass is 31.2. The summed E-state index contributed by atoms with van der Waals surface area (Å²) in [6.45, 7) is 3.35. The van der Waals surface area contributed by atoms with Crippen LogP contribution in [0.4, 0.5) is 0 Å². The third kappa shape index (κ3) is 41.7. The molecule has 0 spiro atoms. The van der Waals surface area contributed by atoms with Crippen molar-refractivity contribution in [2.24, 2.45) is 0 Å². The van der Waals surface area contributed by atoms with E-state index in [1.807, 2.05) is 0 Å². The van der Waals surface area contributed by atoms with Gasteiger partial charge in [-0.25, -0.2) is 4.57 Å². The Bertz CT molecular complexity index is 1440. The minimum Gasteiger partial charge on any atom is -0.462 e. The highest BCUT2D eigenvalue weighted by Gasteiger charge is 2.51. The monoisotopic (exact) mass is 1080 g/mol. The van der Waals surface area contributed by atoms with E-state index >= 15 is 0 Å². The van der Waals surface area contributed by atoms with Crippen molar-refractivity contribution in [1.82, 2.24) is 0 Å². The molecule has 1 saturated carbocycles. The number of esters is 2. The number of hydrogen-bond acceptors (Lipinski definition) is 12. The van der Waals surface area contributed by atoms with Crippen LogP contribution in [-0.2, 0) is 32.7 Å². The second-order valence-electron chi connectivity index (χ2n) is 21.6. The summed E-state index contributed by atoms with van der Waals surface area (Å²) >= 11 is 0. The summed E-state index contributed by atoms with van der Waals surface area (Å²) in [6, 6.07) is 0. The number of hydrogen-bond donors (Lipinski definition) is 6. The molecule has 13 nitrogen and oxygen atoms in total. The molecule has 440 valence electrons. The number of allylic oxidation sites excluding steroid dienone is 6. The number of ether oxygens (including phenoxy) is 2. The first kappa shape index (κ1) is 71.1. The number of phosphoric acid groups is 1. The molecule has 6 unspecified atom stereocenters. The van der Waals surface area contributed by atoms with E-state index in [2.05, 4.69) is 50.3 Å². The Hall–Kier alpha value is -1.93. The molecule has 6 N–H and O–H groups in total. The molecule has 0 aliphatic heterocycles. The van der Waals surface area contributed by atoms with Gasteiger partial charge in [-0.2, -0.15) is 0 Å². The normalized spacial score (nSPS) is 20.4. The summed E-state index contributed by atoms with van der Waals surface area (Å²) in [5.41, 5.74) is 0. The molecule has 0 aromatic carbocycles. The standard InChI is InChI=1S/C61H113O13P/c1-3-5-7-9-11-13-15-17-19-21-23-25-27-29-31-33-35-37-39-41-43-45-47-49-54(62)71-51-53(52-72-75(69,70)74-61-59(67)57(65)56(64)58(66)60(61)68)73-55(63)50-48-46-44-42-40-38-36-34-32-30-28-26-24-22-20-18-16-14-12-10-8-6-4-2/h16,18,21-24,53,56-61,64-68H,3-15,17,19-20,25-52H2,1-2H3,(H,69,70)/b18-16-,23-21-,24-22-. The fourth-order valence-corrected chi connectivity index (χ4v) is 10.5. The van der Waals surface area contributed by atoms with E-state index in [1.54, 1.807) is 0 Å². The zero-order valence-corrected chi connectivity index (χ0v) is 48.5. The zero-order valence-electron chi connectivity index (χ0n) is 47.6. The van der Waals surface area contributed by atoms with Crippen LogP contribution in [0.15, 0.2) is 36.5 Å². The van der Waals surface area contributed by atoms with Crippen LogP contribution >= 0.6 is 7.82 Å². The summed E-state index contributed by atoms with van der Waals surface area (Å²) in [4.78, 5) is 36.0. The van der Waals surface area contributed by atoms with E-state index in [-0.39, 0.29) is 12.8 Å². The molecule has 1 aliphatic carbocycles. The van der Waals surface area contributed by atoms with Gasteiger partial charge in [-0.1, -0.05) is 237 Å². The minimum atomic E-state index is -5.13. The van der Waals surface area contributed by atoms with Gasteiger partial charge in [0.25, 0.3) is 0 Å². The average Bonchev–Trinajstić information content (AvgIpc) is 3.39. The van der Waals surface area contributed by atoms with Gasteiger partial charge in [-0.05, 0) is 70.6 Å². The number of aliphatic hydroxyl groups excluding tert-OH is 5. The molecule has 0 amide bonds. The third-order valence-corrected chi connectivity index (χ3v) is 15.4. The number of rotatable bonds is 53. The van der Waals surface area contributed by atoms with Gasteiger partial charge in [-0.3, -0.25) is 18.6 Å². The molecule has 75 heavy (non-hydrogen) atoms. The van der Waals surface area contributed by atoms with Gasteiger partial charge in [0.15, 0.2) is 6.10 Å². The predicted octanol–water partition coefficient (Wildman–Crippen LogP) is 14.9. The summed E-state index contributed by atoms with van der Waals surface area (Å²) in [6.07, 6.45) is 49.0. The van der Waals surface area contributed by atoms with E-state index in [9.17, 15) is 44.6 Å². The first-order valence-electron chi connectivity index (χ1n) is 30.8. The SMILES string of the molecule is CCCCCCC/C=C\C/C=C\CCCCCCCCCCCCCC(=O)OC(COC(=O)CCCCCCCCCCCCC/C=C\CCCCCCCCCC)COP(=O)(O)OC1C(O)C(O)C(O)C(O)C1O. The van der Waals surface area contributed by atoms with Crippen molar-refractivity contribution in [3.8, 4) is 0 Å². The molecule has 0 aromatic heterocycles. The molecular weight excluding hydrogens is 972 g/mol. The number of carbonyl (C=O) groups excluding carboxylic acids is 2. The maximum Gasteiger partial charge on any atom is 0.472 e. The molecule has 1 fully saturated rings. The third-order valence-electron chi connectivity index (χ3n) is 14.5. The van der Waals surface area contributed by atoms with Crippen LogP contribution < -0.4 is 0 Å². The summed E-state index contributed by atoms with van der Waals surface area (Å²) in [7, 11) is -5.13.